The summed E-state index contributed by atoms with van der Waals surface area (Å²) in [5.41, 5.74) is 0. The number of carbonyl (C=O) groups is 1. The molecule has 0 spiro atoms. The summed E-state index contributed by atoms with van der Waals surface area (Å²) in [6.45, 7) is 4.71. The van der Waals surface area contributed by atoms with Crippen molar-refractivity contribution < 1.29 is 32.9 Å². The van der Waals surface area contributed by atoms with Gasteiger partial charge in [-0.25, -0.2) is 4.57 Å². The summed E-state index contributed by atoms with van der Waals surface area (Å²) in [7, 11) is 1.55. The highest BCUT2D eigenvalue weighted by atomic mass is 31.2. The lowest BCUT2D eigenvalue weighted by Gasteiger charge is -2.25. The largest absolute Gasteiger partial charge is 0.472 e. The Labute approximate surface area is 472 Å². The van der Waals surface area contributed by atoms with Crippen LogP contribution in [0.25, 0.3) is 0 Å². The van der Waals surface area contributed by atoms with Crippen molar-refractivity contribution in [3.05, 3.63) is 72.9 Å². The summed E-state index contributed by atoms with van der Waals surface area (Å²) in [4.78, 5) is 23.4. The number of likely N-dealkylation sites (N-methyl/N-ethyl adjacent to an activating group) is 1. The normalized spacial score (nSPS) is 14.2. The molecule has 0 bridgehead atoms. The van der Waals surface area contributed by atoms with Crippen molar-refractivity contribution in [3.8, 4) is 0 Å². The third kappa shape index (κ3) is 59.6. The molecule has 3 unspecified atom stereocenters. The highest BCUT2D eigenvalue weighted by Crippen LogP contribution is 2.43. The van der Waals surface area contributed by atoms with Crippen molar-refractivity contribution in [2.45, 2.75) is 309 Å². The molecule has 0 rings (SSSR count). The number of carbonyl (C=O) groups excluding carboxylic acids is 1. The zero-order valence-electron chi connectivity index (χ0n) is 50.7. The second kappa shape index (κ2) is 57.6. The molecule has 0 heterocycles. The van der Waals surface area contributed by atoms with Gasteiger partial charge in [0.25, 0.3) is 0 Å². The van der Waals surface area contributed by atoms with Gasteiger partial charge in [0.2, 0.25) is 5.91 Å². The summed E-state index contributed by atoms with van der Waals surface area (Å²) < 4.78 is 23.8. The molecule has 0 aromatic rings. The van der Waals surface area contributed by atoms with Gasteiger partial charge < -0.3 is 19.8 Å². The van der Waals surface area contributed by atoms with Crippen molar-refractivity contribution in [1.82, 2.24) is 5.32 Å². The van der Waals surface area contributed by atoms with Gasteiger partial charge in [0.1, 0.15) is 13.2 Å². The van der Waals surface area contributed by atoms with Gasteiger partial charge in [-0.3, -0.25) is 13.8 Å². The topological polar surface area (TPSA) is 105 Å². The van der Waals surface area contributed by atoms with Crippen LogP contribution in [0.15, 0.2) is 72.9 Å². The highest BCUT2D eigenvalue weighted by Gasteiger charge is 2.27. The fraction of sp³-hybridized carbons (Fsp3) is 0.806. The minimum atomic E-state index is -4.36. The molecule has 3 atom stereocenters. The third-order valence-electron chi connectivity index (χ3n) is 14.4. The number of hydrogen-bond acceptors (Lipinski definition) is 5. The molecule has 0 aliphatic rings. The van der Waals surface area contributed by atoms with E-state index in [1.165, 1.54) is 212 Å². The Kier molecular flexibility index (Phi) is 56.1. The molecule has 0 aromatic heterocycles. The first-order chi connectivity index (χ1) is 37.0. The summed E-state index contributed by atoms with van der Waals surface area (Å²) in [5.74, 6) is -0.191. The monoisotopic (exact) mass is 1090 g/mol. The standard InChI is InChI=1S/C67H125N2O6P/c1-6-8-10-12-14-16-18-20-22-24-26-28-30-31-32-33-34-35-36-37-39-40-42-44-46-48-50-52-54-56-58-60-66(70)65(64-75-76(72,73)74-63-62-69(3,4)5)68-67(71)61-59-57-55-53-51-49-47-45-43-41-38-29-27-25-23-21-19-17-15-13-11-9-7-2/h9,11,15,17,21,23,27,29,50,52,58,60,65-66,70H,6-8,10,12-14,16,18-20,22,24-26,28,30-49,51,53-57,59,61-64H2,1-5H3,(H-,68,71,72,73)/p+1/b11-9-,17-15-,23-21-,29-27-,52-50+,60-58+. The van der Waals surface area contributed by atoms with Crippen LogP contribution in [0.3, 0.4) is 0 Å². The fourth-order valence-electron chi connectivity index (χ4n) is 9.41. The maximum absolute atomic E-state index is 13.0. The molecule has 0 saturated carbocycles. The van der Waals surface area contributed by atoms with Crippen molar-refractivity contribution in [2.24, 2.45) is 0 Å². The molecule has 0 aromatic carbocycles. The average molecular weight is 1090 g/mol. The van der Waals surface area contributed by atoms with Crippen molar-refractivity contribution in [1.29, 1.82) is 0 Å². The highest BCUT2D eigenvalue weighted by molar-refractivity contribution is 7.47. The molecule has 0 aliphatic heterocycles. The Morgan fingerprint density at radius 2 is 0.803 bits per heavy atom. The first kappa shape index (κ1) is 73.9. The Hall–Kier alpha value is -2.06. The maximum Gasteiger partial charge on any atom is 0.472 e. The predicted octanol–water partition coefficient (Wildman–Crippen LogP) is 20.2. The Morgan fingerprint density at radius 3 is 1.21 bits per heavy atom. The fourth-order valence-corrected chi connectivity index (χ4v) is 10.1. The lowest BCUT2D eigenvalue weighted by atomic mass is 10.0. The number of phosphoric acid groups is 1. The van der Waals surface area contributed by atoms with Crippen LogP contribution in [0.4, 0.5) is 0 Å². The van der Waals surface area contributed by atoms with E-state index in [4.69, 9.17) is 9.05 Å². The molecular weight excluding hydrogens is 960 g/mol. The Balaban J connectivity index is 4.16. The van der Waals surface area contributed by atoms with Crippen molar-refractivity contribution in [2.75, 3.05) is 40.9 Å². The van der Waals surface area contributed by atoms with Crippen LogP contribution in [-0.4, -0.2) is 73.4 Å². The number of unbranched alkanes of at least 4 members (excludes halogenated alkanes) is 36. The van der Waals surface area contributed by atoms with Crippen molar-refractivity contribution in [3.63, 3.8) is 0 Å². The van der Waals surface area contributed by atoms with E-state index < -0.39 is 20.0 Å². The quantitative estimate of drug-likeness (QED) is 0.0243. The number of rotatable bonds is 59. The summed E-state index contributed by atoms with van der Waals surface area (Å²) in [6, 6.07) is -0.871. The van der Waals surface area contributed by atoms with E-state index in [1.807, 2.05) is 27.2 Å². The van der Waals surface area contributed by atoms with Gasteiger partial charge >= 0.3 is 7.82 Å². The van der Waals surface area contributed by atoms with Crippen LogP contribution in [0.2, 0.25) is 0 Å². The van der Waals surface area contributed by atoms with E-state index in [0.29, 0.717) is 17.4 Å². The number of nitrogens with zero attached hydrogens (tertiary/aromatic N) is 1. The molecular formula is C67H126N2O6P+. The van der Waals surface area contributed by atoms with Crippen LogP contribution in [0.1, 0.15) is 296 Å². The summed E-state index contributed by atoms with van der Waals surface area (Å²) in [6.07, 6.45) is 80.4. The molecule has 0 radical (unpaired) electrons. The molecule has 0 fully saturated rings. The number of allylic oxidation sites excluding steroid dienone is 11. The van der Waals surface area contributed by atoms with Gasteiger partial charge in [0, 0.05) is 6.42 Å². The minimum Gasteiger partial charge on any atom is -0.387 e. The third-order valence-corrected chi connectivity index (χ3v) is 15.4. The minimum absolute atomic E-state index is 0.0528. The number of quaternary nitrogens is 1. The van der Waals surface area contributed by atoms with E-state index in [-0.39, 0.29) is 19.1 Å². The average Bonchev–Trinajstić information content (AvgIpc) is 3.38. The smallest absolute Gasteiger partial charge is 0.387 e. The first-order valence-corrected chi connectivity index (χ1v) is 33.8. The van der Waals surface area contributed by atoms with Crippen LogP contribution in [-0.2, 0) is 18.4 Å². The molecule has 0 aliphatic carbocycles. The Bertz CT molecular complexity index is 1470. The van der Waals surface area contributed by atoms with Gasteiger partial charge in [-0.05, 0) is 70.6 Å². The zero-order chi connectivity index (χ0) is 55.6. The van der Waals surface area contributed by atoms with Crippen molar-refractivity contribution >= 4 is 13.7 Å². The van der Waals surface area contributed by atoms with E-state index in [9.17, 15) is 19.4 Å². The Morgan fingerprint density at radius 1 is 0.461 bits per heavy atom. The van der Waals surface area contributed by atoms with Gasteiger partial charge in [-0.15, -0.1) is 0 Å². The number of amides is 1. The zero-order valence-corrected chi connectivity index (χ0v) is 51.6. The second-order valence-electron chi connectivity index (χ2n) is 23.1. The number of hydrogen-bond donors (Lipinski definition) is 3. The molecule has 9 heteroatoms. The molecule has 76 heavy (non-hydrogen) atoms. The molecule has 1 amide bonds. The summed E-state index contributed by atoms with van der Waals surface area (Å²) in [5, 5.41) is 14.0. The maximum atomic E-state index is 13.0. The molecule has 3 N–H and O–H groups in total. The predicted molar refractivity (Wildman–Crippen MR) is 332 cm³/mol. The van der Waals surface area contributed by atoms with E-state index in [2.05, 4.69) is 79.9 Å². The van der Waals surface area contributed by atoms with Gasteiger partial charge in [0.05, 0.1) is 39.9 Å². The second-order valence-corrected chi connectivity index (χ2v) is 24.6. The molecule has 0 saturated heterocycles. The van der Waals surface area contributed by atoms with E-state index in [0.717, 1.165) is 64.2 Å². The van der Waals surface area contributed by atoms with E-state index in [1.54, 1.807) is 6.08 Å². The van der Waals surface area contributed by atoms with Crippen LogP contribution < -0.4 is 5.32 Å². The number of nitrogens with one attached hydrogen (secondary N) is 1. The van der Waals surface area contributed by atoms with Crippen LogP contribution in [0.5, 0.6) is 0 Å². The SMILES string of the molecule is CC/C=C\C/C=C\C/C=C\C/C=C\CCCCCCCCCCCCC(=O)NC(COP(=O)(O)OCC[N+](C)(C)C)C(O)/C=C/CC/C=C/CCCCCCCCCCCCCCCCCCCCCCCCCCC. The van der Waals surface area contributed by atoms with Gasteiger partial charge in [-0.1, -0.05) is 292 Å². The van der Waals surface area contributed by atoms with Gasteiger partial charge in [-0.2, -0.15) is 0 Å². The lowest BCUT2D eigenvalue weighted by molar-refractivity contribution is -0.870. The number of phosphoric ester groups is 1. The first-order valence-electron chi connectivity index (χ1n) is 32.3. The lowest BCUT2D eigenvalue weighted by Crippen LogP contribution is -2.45. The van der Waals surface area contributed by atoms with Crippen LogP contribution in [0, 0.1) is 0 Å². The van der Waals surface area contributed by atoms with Gasteiger partial charge in [0.15, 0.2) is 0 Å². The number of aliphatic hydroxyl groups excluding tert-OH is 1. The van der Waals surface area contributed by atoms with E-state index >= 15 is 0 Å². The summed E-state index contributed by atoms with van der Waals surface area (Å²) >= 11 is 0. The van der Waals surface area contributed by atoms with Crippen LogP contribution >= 0.6 is 7.82 Å². The molecule has 444 valence electrons. The number of aliphatic hydroxyl groups is 1. The molecule has 8 nitrogen and oxygen atoms in total.